The van der Waals surface area contributed by atoms with Gasteiger partial charge in [0.25, 0.3) is 5.56 Å². The van der Waals surface area contributed by atoms with Gasteiger partial charge in [-0.1, -0.05) is 6.07 Å². The lowest BCUT2D eigenvalue weighted by Gasteiger charge is -2.14. The first-order valence-corrected chi connectivity index (χ1v) is 7.56. The van der Waals surface area contributed by atoms with E-state index in [1.807, 2.05) is 0 Å². The molecule has 1 aromatic carbocycles. The number of alkyl halides is 3. The molecule has 0 radical (unpaired) electrons. The molecule has 2 aliphatic rings. The Morgan fingerprint density at radius 3 is 2.58 bits per heavy atom. The predicted molar refractivity (Wildman–Crippen MR) is 87.8 cm³/mol. The van der Waals surface area contributed by atoms with Crippen molar-refractivity contribution in [1.29, 1.82) is 0 Å². The maximum absolute atomic E-state index is 13.0. The summed E-state index contributed by atoms with van der Waals surface area (Å²) in [4.78, 5) is 12.5. The maximum atomic E-state index is 13.0. The van der Waals surface area contributed by atoms with E-state index in [0.29, 0.717) is 20.7 Å². The van der Waals surface area contributed by atoms with Crippen LogP contribution in [0.15, 0.2) is 57.8 Å². The van der Waals surface area contributed by atoms with Gasteiger partial charge in [-0.25, -0.2) is 5.06 Å². The molecule has 2 aromatic rings. The smallest absolute Gasteiger partial charge is 0.298 e. The molecule has 2 aliphatic heterocycles. The predicted octanol–water partition coefficient (Wildman–Crippen LogP) is 2.28. The zero-order chi connectivity index (χ0) is 18.5. The van der Waals surface area contributed by atoms with Gasteiger partial charge in [0.2, 0.25) is 0 Å². The highest BCUT2D eigenvalue weighted by molar-refractivity contribution is 5.91. The van der Waals surface area contributed by atoms with Crippen molar-refractivity contribution in [2.24, 2.45) is 10.2 Å². The first-order chi connectivity index (χ1) is 12.3. The Hall–Kier alpha value is -3.20. The number of azo groups is 1. The van der Waals surface area contributed by atoms with Gasteiger partial charge < -0.3 is 0 Å². The second-order valence-electron chi connectivity index (χ2n) is 5.81. The summed E-state index contributed by atoms with van der Waals surface area (Å²) >= 11 is 0. The molecule has 0 aliphatic carbocycles. The van der Waals surface area contributed by atoms with E-state index in [1.165, 1.54) is 24.7 Å². The lowest BCUT2D eigenvalue weighted by molar-refractivity contribution is -0.140. The maximum Gasteiger partial charge on any atom is 0.406 e. The van der Waals surface area contributed by atoms with Crippen molar-refractivity contribution in [2.45, 2.75) is 12.7 Å². The summed E-state index contributed by atoms with van der Waals surface area (Å²) in [6.07, 6.45) is 2.63. The van der Waals surface area contributed by atoms with Crippen LogP contribution < -0.4 is 16.0 Å². The van der Waals surface area contributed by atoms with Crippen LogP contribution in [0.3, 0.4) is 0 Å². The normalized spacial score (nSPS) is 15.7. The third-order valence-corrected chi connectivity index (χ3v) is 4.10. The number of aromatic nitrogens is 1. The molecule has 26 heavy (non-hydrogen) atoms. The largest absolute Gasteiger partial charge is 0.406 e. The van der Waals surface area contributed by atoms with Gasteiger partial charge in [-0.05, 0) is 35.1 Å². The van der Waals surface area contributed by atoms with Gasteiger partial charge in [-0.15, -0.1) is 5.11 Å². The van der Waals surface area contributed by atoms with Gasteiger partial charge in [0, 0.05) is 17.8 Å². The molecule has 1 N–H and O–H groups in total. The summed E-state index contributed by atoms with van der Waals surface area (Å²) < 4.78 is 39.8. The quantitative estimate of drug-likeness (QED) is 0.848. The Morgan fingerprint density at radius 2 is 1.88 bits per heavy atom. The summed E-state index contributed by atoms with van der Waals surface area (Å²) in [7, 11) is 0. The number of pyridine rings is 1. The second kappa shape index (κ2) is 5.67. The van der Waals surface area contributed by atoms with E-state index in [9.17, 15) is 23.2 Å². The third-order valence-electron chi connectivity index (χ3n) is 4.10. The summed E-state index contributed by atoms with van der Waals surface area (Å²) in [5.41, 5.74) is 0.292. The minimum absolute atomic E-state index is 0.0514. The highest BCUT2D eigenvalue weighted by Crippen LogP contribution is 2.25. The van der Waals surface area contributed by atoms with E-state index in [-0.39, 0.29) is 16.4 Å². The zero-order valence-electron chi connectivity index (χ0n) is 13.1. The van der Waals surface area contributed by atoms with Gasteiger partial charge in [0.1, 0.15) is 12.2 Å². The van der Waals surface area contributed by atoms with E-state index in [0.717, 1.165) is 5.06 Å². The summed E-state index contributed by atoms with van der Waals surface area (Å²) in [5, 5.41) is 18.8. The van der Waals surface area contributed by atoms with Gasteiger partial charge in [0.15, 0.2) is 0 Å². The minimum Gasteiger partial charge on any atom is -0.298 e. The molecule has 0 amide bonds. The van der Waals surface area contributed by atoms with Gasteiger partial charge in [-0.2, -0.15) is 18.3 Å². The van der Waals surface area contributed by atoms with E-state index < -0.39 is 18.3 Å². The Balaban J connectivity index is 2.07. The molecule has 0 fully saturated rings. The van der Waals surface area contributed by atoms with Crippen LogP contribution in [0.25, 0.3) is 22.7 Å². The molecule has 3 heterocycles. The highest BCUT2D eigenvalue weighted by Gasteiger charge is 2.30. The first-order valence-electron chi connectivity index (χ1n) is 7.56. The number of halogens is 3. The molecule has 0 spiro atoms. The lowest BCUT2D eigenvalue weighted by Crippen LogP contribution is -2.38. The van der Waals surface area contributed by atoms with E-state index in [1.54, 1.807) is 24.3 Å². The number of rotatable bonds is 1. The number of allylic oxidation sites excluding steroid dienone is 2. The third kappa shape index (κ3) is 2.72. The first kappa shape index (κ1) is 16.3. The van der Waals surface area contributed by atoms with Crippen molar-refractivity contribution in [1.82, 2.24) is 9.63 Å². The molecule has 0 saturated heterocycles. The zero-order valence-corrected chi connectivity index (χ0v) is 13.1. The lowest BCUT2D eigenvalue weighted by atomic mass is 10.1. The number of hydroxylamine groups is 2. The van der Waals surface area contributed by atoms with Crippen LogP contribution in [0, 0.1) is 0 Å². The Labute approximate surface area is 143 Å². The van der Waals surface area contributed by atoms with Crippen molar-refractivity contribution < 1.29 is 18.4 Å². The molecular formula is C17H11F3N4O2. The fraction of sp³-hybridized carbons (Fsp3) is 0.118. The second-order valence-corrected chi connectivity index (χ2v) is 5.81. The molecular weight excluding hydrogens is 349 g/mol. The van der Waals surface area contributed by atoms with Crippen molar-refractivity contribution in [3.63, 3.8) is 0 Å². The van der Waals surface area contributed by atoms with Crippen LogP contribution >= 0.6 is 0 Å². The van der Waals surface area contributed by atoms with Crippen LogP contribution in [-0.2, 0) is 6.54 Å². The summed E-state index contributed by atoms with van der Waals surface area (Å²) in [6.45, 7) is -1.40. The number of hydrogen-bond acceptors (Lipinski definition) is 5. The molecule has 132 valence electrons. The number of nitrogens with zero attached hydrogens (tertiary/aromatic N) is 4. The van der Waals surface area contributed by atoms with Gasteiger partial charge >= 0.3 is 6.18 Å². The Morgan fingerprint density at radius 1 is 1.15 bits per heavy atom. The van der Waals surface area contributed by atoms with Crippen molar-refractivity contribution >= 4 is 28.4 Å². The summed E-state index contributed by atoms with van der Waals surface area (Å²) in [6, 6.07) is 4.84. The molecule has 1 aromatic heterocycles. The van der Waals surface area contributed by atoms with E-state index >= 15 is 0 Å². The fourth-order valence-electron chi connectivity index (χ4n) is 2.95. The average Bonchev–Trinajstić information content (AvgIpc) is 3.08. The number of hydrogen-bond donors (Lipinski definition) is 1. The Bertz CT molecular complexity index is 1170. The molecule has 0 bridgehead atoms. The molecule has 0 unspecified atom stereocenters. The monoisotopic (exact) mass is 360 g/mol. The average molecular weight is 360 g/mol. The Kier molecular flexibility index (Phi) is 3.55. The van der Waals surface area contributed by atoms with Crippen LogP contribution in [0.5, 0.6) is 0 Å². The van der Waals surface area contributed by atoms with Crippen LogP contribution in [-0.4, -0.2) is 21.0 Å². The minimum atomic E-state index is -4.55. The van der Waals surface area contributed by atoms with Gasteiger partial charge in [-0.3, -0.25) is 14.6 Å². The van der Waals surface area contributed by atoms with E-state index in [4.69, 9.17) is 0 Å². The highest BCUT2D eigenvalue weighted by atomic mass is 19.4. The topological polar surface area (TPSA) is 70.2 Å². The molecule has 4 rings (SSSR count). The summed E-state index contributed by atoms with van der Waals surface area (Å²) in [5.74, 6) is 0. The van der Waals surface area contributed by atoms with Crippen molar-refractivity contribution in [2.75, 3.05) is 0 Å². The van der Waals surface area contributed by atoms with Crippen LogP contribution in [0.4, 0.5) is 18.9 Å². The van der Waals surface area contributed by atoms with Crippen LogP contribution in [0.2, 0.25) is 0 Å². The number of benzene rings is 1. The van der Waals surface area contributed by atoms with Crippen molar-refractivity contribution in [3.8, 4) is 0 Å². The van der Waals surface area contributed by atoms with Gasteiger partial charge in [0.05, 0.1) is 16.9 Å². The molecule has 9 heteroatoms. The standard InChI is InChI=1S/C17H11F3N4O2/c18-17(19,20)9-24-14-7-11(10-3-5-23(26)6-4-10)1-2-12(14)15-13(16(24)25)8-21-22-15/h1-8,26H,9H2. The SMILES string of the molecule is O=c1c2c(c3ccc(=C4C=CN(O)C=C4)cc3n1CC(F)(F)F)N=NC=2. The number of fused-ring (bicyclic) bond motifs is 3. The van der Waals surface area contributed by atoms with Crippen LogP contribution in [0.1, 0.15) is 0 Å². The fourth-order valence-corrected chi connectivity index (χ4v) is 2.95. The van der Waals surface area contributed by atoms with Crippen molar-refractivity contribution in [3.05, 3.63) is 63.5 Å². The molecule has 6 nitrogen and oxygen atoms in total. The van der Waals surface area contributed by atoms with E-state index in [2.05, 4.69) is 10.2 Å². The molecule has 0 saturated carbocycles. The molecule has 0 atom stereocenters.